The molecule has 2 aromatic heterocycles. The van der Waals surface area contributed by atoms with Gasteiger partial charge in [0.2, 0.25) is 5.03 Å². The zero-order chi connectivity index (χ0) is 15.3. The van der Waals surface area contributed by atoms with Gasteiger partial charge >= 0.3 is 0 Å². The molecule has 3 N–H and O–H groups in total. The molecule has 0 aliphatic heterocycles. The van der Waals surface area contributed by atoms with E-state index in [1.54, 1.807) is 19.1 Å². The molecule has 0 radical (unpaired) electrons. The Morgan fingerprint density at radius 2 is 2.00 bits per heavy atom. The van der Waals surface area contributed by atoms with Crippen molar-refractivity contribution in [2.45, 2.75) is 31.8 Å². The van der Waals surface area contributed by atoms with Gasteiger partial charge in [0.15, 0.2) is 0 Å². The SMILES string of the molecule is CCCNCc1c(S(=O)(=O)Nc2ccncc2)n[nH]c1C. The van der Waals surface area contributed by atoms with Gasteiger partial charge in [0.25, 0.3) is 10.0 Å². The predicted octanol–water partition coefficient (Wildman–Crippen LogP) is 1.41. The first-order valence-corrected chi connectivity index (χ1v) is 8.20. The van der Waals surface area contributed by atoms with Crippen molar-refractivity contribution in [1.82, 2.24) is 20.5 Å². The highest BCUT2D eigenvalue weighted by Crippen LogP contribution is 2.19. The third-order valence-corrected chi connectivity index (χ3v) is 4.30. The fourth-order valence-electron chi connectivity index (χ4n) is 1.87. The normalized spacial score (nSPS) is 11.5. The van der Waals surface area contributed by atoms with Gasteiger partial charge in [0.05, 0.1) is 5.69 Å². The molecule has 0 aliphatic carbocycles. The highest BCUT2D eigenvalue weighted by atomic mass is 32.2. The highest BCUT2D eigenvalue weighted by Gasteiger charge is 2.23. The van der Waals surface area contributed by atoms with Gasteiger partial charge in [-0.25, -0.2) is 0 Å². The third-order valence-electron chi connectivity index (χ3n) is 2.95. The molecule has 0 saturated heterocycles. The molecular weight excluding hydrogens is 290 g/mol. The molecule has 7 nitrogen and oxygen atoms in total. The molecule has 0 aliphatic rings. The average Bonchev–Trinajstić information content (AvgIpc) is 2.82. The number of aryl methyl sites for hydroxylation is 1. The van der Waals surface area contributed by atoms with Crippen molar-refractivity contribution in [3.63, 3.8) is 0 Å². The van der Waals surface area contributed by atoms with E-state index in [0.29, 0.717) is 17.8 Å². The number of nitrogens with one attached hydrogen (secondary N) is 3. The molecule has 0 aromatic carbocycles. The standard InChI is InChI=1S/C13H19N5O2S/c1-3-6-15-9-12-10(2)16-17-13(12)21(19,20)18-11-4-7-14-8-5-11/h4-5,7-8,15H,3,6,9H2,1-2H3,(H,14,18)(H,16,17). The molecule has 114 valence electrons. The molecule has 0 saturated carbocycles. The van der Waals surface area contributed by atoms with E-state index < -0.39 is 10.0 Å². The molecule has 0 spiro atoms. The van der Waals surface area contributed by atoms with E-state index >= 15 is 0 Å². The Labute approximate surface area is 124 Å². The van der Waals surface area contributed by atoms with Crippen LogP contribution in [0.1, 0.15) is 24.6 Å². The summed E-state index contributed by atoms with van der Waals surface area (Å²) in [6, 6.07) is 3.18. The van der Waals surface area contributed by atoms with Crippen LogP contribution in [-0.4, -0.2) is 30.1 Å². The first-order chi connectivity index (χ1) is 10.0. The van der Waals surface area contributed by atoms with Crippen molar-refractivity contribution in [1.29, 1.82) is 0 Å². The predicted molar refractivity (Wildman–Crippen MR) is 80.4 cm³/mol. The summed E-state index contributed by atoms with van der Waals surface area (Å²) in [4.78, 5) is 3.85. The molecule has 2 heterocycles. The molecular formula is C13H19N5O2S. The van der Waals surface area contributed by atoms with Crippen LogP contribution in [0.25, 0.3) is 0 Å². The number of aromatic nitrogens is 3. The van der Waals surface area contributed by atoms with E-state index in [2.05, 4.69) is 32.1 Å². The fourth-order valence-corrected chi connectivity index (χ4v) is 3.13. The van der Waals surface area contributed by atoms with Crippen LogP contribution in [0.15, 0.2) is 29.6 Å². The summed E-state index contributed by atoms with van der Waals surface area (Å²) in [5, 5.41) is 9.89. The van der Waals surface area contributed by atoms with Gasteiger partial charge in [-0.3, -0.25) is 14.8 Å². The van der Waals surface area contributed by atoms with Crippen molar-refractivity contribution in [3.8, 4) is 0 Å². The second-order valence-electron chi connectivity index (χ2n) is 4.65. The Morgan fingerprint density at radius 3 is 2.67 bits per heavy atom. The lowest BCUT2D eigenvalue weighted by atomic mass is 10.2. The van der Waals surface area contributed by atoms with E-state index in [1.807, 2.05) is 0 Å². The highest BCUT2D eigenvalue weighted by molar-refractivity contribution is 7.92. The van der Waals surface area contributed by atoms with Crippen LogP contribution in [0, 0.1) is 6.92 Å². The summed E-state index contributed by atoms with van der Waals surface area (Å²) >= 11 is 0. The third kappa shape index (κ3) is 3.79. The quantitative estimate of drug-likeness (QED) is 0.672. The molecule has 2 aromatic rings. The number of nitrogens with zero attached hydrogens (tertiary/aromatic N) is 2. The largest absolute Gasteiger partial charge is 0.313 e. The number of H-pyrrole nitrogens is 1. The molecule has 0 amide bonds. The number of rotatable bonds is 7. The van der Waals surface area contributed by atoms with Crippen molar-refractivity contribution < 1.29 is 8.42 Å². The maximum atomic E-state index is 12.4. The molecule has 0 bridgehead atoms. The van der Waals surface area contributed by atoms with Gasteiger partial charge in [-0.1, -0.05) is 6.92 Å². The minimum atomic E-state index is -3.72. The van der Waals surface area contributed by atoms with Crippen LogP contribution in [-0.2, 0) is 16.6 Å². The number of hydrogen-bond donors (Lipinski definition) is 3. The monoisotopic (exact) mass is 309 g/mol. The second kappa shape index (κ2) is 6.68. The lowest BCUT2D eigenvalue weighted by Gasteiger charge is -2.08. The van der Waals surface area contributed by atoms with Gasteiger partial charge in [-0.15, -0.1) is 0 Å². The van der Waals surface area contributed by atoms with Crippen molar-refractivity contribution in [2.75, 3.05) is 11.3 Å². The van der Waals surface area contributed by atoms with Crippen LogP contribution in [0.3, 0.4) is 0 Å². The first kappa shape index (κ1) is 15.5. The van der Waals surface area contributed by atoms with Crippen molar-refractivity contribution in [2.24, 2.45) is 0 Å². The van der Waals surface area contributed by atoms with Crippen molar-refractivity contribution >= 4 is 15.7 Å². The Morgan fingerprint density at radius 1 is 1.29 bits per heavy atom. The van der Waals surface area contributed by atoms with Crippen LogP contribution in [0.2, 0.25) is 0 Å². The van der Waals surface area contributed by atoms with Crippen LogP contribution >= 0.6 is 0 Å². The first-order valence-electron chi connectivity index (χ1n) is 6.72. The molecule has 21 heavy (non-hydrogen) atoms. The van der Waals surface area contributed by atoms with E-state index in [9.17, 15) is 8.42 Å². The number of hydrogen-bond acceptors (Lipinski definition) is 5. The molecule has 0 fully saturated rings. The second-order valence-corrected chi connectivity index (χ2v) is 6.25. The molecule has 8 heteroatoms. The summed E-state index contributed by atoms with van der Waals surface area (Å²) in [6.45, 7) is 5.14. The summed E-state index contributed by atoms with van der Waals surface area (Å²) in [6.07, 6.45) is 4.03. The lowest BCUT2D eigenvalue weighted by Crippen LogP contribution is -2.19. The van der Waals surface area contributed by atoms with Crippen molar-refractivity contribution in [3.05, 3.63) is 35.8 Å². The maximum Gasteiger partial charge on any atom is 0.281 e. The Hall–Kier alpha value is -1.93. The summed E-state index contributed by atoms with van der Waals surface area (Å²) in [5.41, 5.74) is 1.86. The molecule has 0 unspecified atom stereocenters. The maximum absolute atomic E-state index is 12.4. The smallest absolute Gasteiger partial charge is 0.281 e. The fraction of sp³-hybridized carbons (Fsp3) is 0.385. The van der Waals surface area contributed by atoms with E-state index in [-0.39, 0.29) is 5.03 Å². The van der Waals surface area contributed by atoms with Gasteiger partial charge in [-0.2, -0.15) is 13.5 Å². The molecule has 0 atom stereocenters. The summed E-state index contributed by atoms with van der Waals surface area (Å²) < 4.78 is 27.4. The van der Waals surface area contributed by atoms with Crippen LogP contribution in [0.4, 0.5) is 5.69 Å². The number of anilines is 1. The summed E-state index contributed by atoms with van der Waals surface area (Å²) in [5.74, 6) is 0. The van der Waals surface area contributed by atoms with Crippen LogP contribution in [0.5, 0.6) is 0 Å². The van der Waals surface area contributed by atoms with Crippen LogP contribution < -0.4 is 10.0 Å². The lowest BCUT2D eigenvalue weighted by molar-refractivity contribution is 0.593. The number of aromatic amines is 1. The van der Waals surface area contributed by atoms with E-state index in [0.717, 1.165) is 18.7 Å². The average molecular weight is 309 g/mol. The van der Waals surface area contributed by atoms with E-state index in [4.69, 9.17) is 0 Å². The number of pyridine rings is 1. The Balaban J connectivity index is 2.24. The summed E-state index contributed by atoms with van der Waals surface area (Å²) in [7, 11) is -3.72. The topological polar surface area (TPSA) is 99.8 Å². The molecule has 2 rings (SSSR count). The van der Waals surface area contributed by atoms with Gasteiger partial charge in [0.1, 0.15) is 0 Å². The zero-order valence-electron chi connectivity index (χ0n) is 12.0. The minimum Gasteiger partial charge on any atom is -0.313 e. The van der Waals surface area contributed by atoms with E-state index in [1.165, 1.54) is 12.4 Å². The van der Waals surface area contributed by atoms with Gasteiger partial charge < -0.3 is 5.32 Å². The van der Waals surface area contributed by atoms with Gasteiger partial charge in [0, 0.05) is 30.2 Å². The van der Waals surface area contributed by atoms with Gasteiger partial charge in [-0.05, 0) is 32.0 Å². The zero-order valence-corrected chi connectivity index (χ0v) is 12.9. The minimum absolute atomic E-state index is 0.0282. The Bertz CT molecular complexity index is 682. The Kier molecular flexibility index (Phi) is 4.92. The number of sulfonamides is 1.